The van der Waals surface area contributed by atoms with Crippen molar-refractivity contribution in [3.63, 3.8) is 0 Å². The van der Waals surface area contributed by atoms with Crippen molar-refractivity contribution >= 4 is 11.9 Å². The minimum atomic E-state index is -0.908. The van der Waals surface area contributed by atoms with E-state index in [4.69, 9.17) is 4.74 Å². The zero-order valence-electron chi connectivity index (χ0n) is 24.4. The van der Waals surface area contributed by atoms with Gasteiger partial charge in [0.05, 0.1) is 11.5 Å². The normalized spacial score (nSPS) is 52.5. The zero-order valence-corrected chi connectivity index (χ0v) is 24.4. The fourth-order valence-electron chi connectivity index (χ4n) is 11.0. The molecular formula is C32H50O5. The van der Waals surface area contributed by atoms with E-state index >= 15 is 0 Å². The molecule has 5 heteroatoms. The lowest BCUT2D eigenvalue weighted by Crippen LogP contribution is -2.65. The van der Waals surface area contributed by atoms with E-state index in [9.17, 15) is 19.8 Å². The number of esters is 1. The van der Waals surface area contributed by atoms with E-state index < -0.39 is 11.4 Å². The van der Waals surface area contributed by atoms with Crippen LogP contribution in [0.3, 0.4) is 0 Å². The molecular weight excluding hydrogens is 464 g/mol. The van der Waals surface area contributed by atoms with Crippen molar-refractivity contribution in [1.29, 1.82) is 0 Å². The van der Waals surface area contributed by atoms with Gasteiger partial charge >= 0.3 is 11.9 Å². The van der Waals surface area contributed by atoms with Crippen LogP contribution in [0.1, 0.15) is 113 Å². The number of carbonyl (C=O) groups excluding carboxylic acids is 1. The molecule has 0 amide bonds. The Bertz CT molecular complexity index is 1030. The van der Waals surface area contributed by atoms with Gasteiger partial charge in [0.2, 0.25) is 0 Å². The summed E-state index contributed by atoms with van der Waals surface area (Å²) in [5.74, 6) is 0.0507. The summed E-state index contributed by atoms with van der Waals surface area (Å²) in [6.07, 6.45) is 10.2. The highest BCUT2D eigenvalue weighted by atomic mass is 16.5. The fourth-order valence-corrected chi connectivity index (χ4v) is 11.0. The number of hydrogen-bond acceptors (Lipinski definition) is 4. The average molecular weight is 515 g/mol. The van der Waals surface area contributed by atoms with E-state index in [1.54, 1.807) is 0 Å². The molecule has 0 aromatic carbocycles. The van der Waals surface area contributed by atoms with Gasteiger partial charge in [0, 0.05) is 18.8 Å². The van der Waals surface area contributed by atoms with E-state index in [0.717, 1.165) is 44.9 Å². The quantitative estimate of drug-likeness (QED) is 0.314. The molecule has 5 aliphatic rings. The number of hydrogen-bond donors (Lipinski definition) is 2. The second kappa shape index (κ2) is 8.08. The largest absolute Gasteiger partial charge is 0.481 e. The maximum Gasteiger partial charge on any atom is 0.309 e. The lowest BCUT2D eigenvalue weighted by molar-refractivity contribution is -0.211. The van der Waals surface area contributed by atoms with Crippen LogP contribution in [0, 0.1) is 50.2 Å². The zero-order chi connectivity index (χ0) is 27.4. The van der Waals surface area contributed by atoms with Crippen molar-refractivity contribution in [2.24, 2.45) is 50.2 Å². The maximum atomic E-state index is 12.5. The summed E-state index contributed by atoms with van der Waals surface area (Å²) in [5, 5.41) is 21.2. The number of carbonyl (C=O) groups is 2. The van der Waals surface area contributed by atoms with Crippen molar-refractivity contribution in [3.8, 4) is 0 Å². The molecule has 37 heavy (non-hydrogen) atoms. The number of fused-ring (bicyclic) bond motifs is 7. The third kappa shape index (κ3) is 3.44. The summed E-state index contributed by atoms with van der Waals surface area (Å²) in [6, 6.07) is 0. The Labute approximate surface area is 223 Å². The highest BCUT2D eigenvalue weighted by Gasteiger charge is 2.69. The van der Waals surface area contributed by atoms with Crippen molar-refractivity contribution < 1.29 is 24.5 Å². The Kier molecular flexibility index (Phi) is 5.95. The number of rotatable bonds is 2. The monoisotopic (exact) mass is 514 g/mol. The van der Waals surface area contributed by atoms with Gasteiger partial charge in [0.1, 0.15) is 6.10 Å². The molecule has 2 N–H and O–H groups in total. The van der Waals surface area contributed by atoms with Gasteiger partial charge < -0.3 is 14.9 Å². The maximum absolute atomic E-state index is 12.5. The van der Waals surface area contributed by atoms with Crippen LogP contribution < -0.4 is 0 Å². The molecule has 0 aromatic rings. The molecule has 0 unspecified atom stereocenters. The van der Waals surface area contributed by atoms with Crippen LogP contribution in [-0.2, 0) is 14.3 Å². The SMILES string of the molecule is CC(=O)O[C@@H]1C[C@](C)(C(=O)O)C[C@H]2C3=CC[C@@H]4[C@@]5(C)CC[C@H](O)C(C)(C)[C@@H]5CC[C@@]4(C)[C@]3(C)CC[C@@]12C. The molecule has 5 nitrogen and oxygen atoms in total. The first-order valence-corrected chi connectivity index (χ1v) is 14.7. The Morgan fingerprint density at radius 2 is 1.57 bits per heavy atom. The van der Waals surface area contributed by atoms with Crippen LogP contribution in [0.5, 0.6) is 0 Å². The summed E-state index contributed by atoms with van der Waals surface area (Å²) in [4.78, 5) is 24.7. The van der Waals surface area contributed by atoms with Gasteiger partial charge in [-0.15, -0.1) is 0 Å². The smallest absolute Gasteiger partial charge is 0.309 e. The van der Waals surface area contributed by atoms with Crippen LogP contribution >= 0.6 is 0 Å². The van der Waals surface area contributed by atoms with E-state index in [0.29, 0.717) is 24.7 Å². The molecule has 0 radical (unpaired) electrons. The predicted molar refractivity (Wildman–Crippen MR) is 144 cm³/mol. The molecule has 4 fully saturated rings. The molecule has 0 heterocycles. The predicted octanol–water partition coefficient (Wildman–Crippen LogP) is 6.78. The minimum Gasteiger partial charge on any atom is -0.481 e. The average Bonchev–Trinajstić information content (AvgIpc) is 2.78. The first kappa shape index (κ1) is 27.2. The van der Waals surface area contributed by atoms with Crippen LogP contribution in [0.15, 0.2) is 11.6 Å². The van der Waals surface area contributed by atoms with Crippen LogP contribution in [0.25, 0.3) is 0 Å². The number of carboxylic acids is 1. The molecule has 0 bridgehead atoms. The summed E-state index contributed by atoms with van der Waals surface area (Å²) in [5.41, 5.74) is 0.517. The molecule has 0 aromatic heterocycles. The standard InChI is InChI=1S/C32H50O5/c1-19(33)37-25-18-28(4,26(35)36)17-21-20-9-10-23-30(6)13-12-24(34)27(2,3)22(30)11-14-32(23,8)31(20,7)16-15-29(21,25)5/h9,21-25,34H,10-18H2,1-8H3,(H,35,36)/t21-,22-,23+,24-,25+,28+,29+,30-,31+,32+/m0/s1. The molecule has 10 atom stereocenters. The Balaban J connectivity index is 1.59. The van der Waals surface area contributed by atoms with Gasteiger partial charge in [0.25, 0.3) is 0 Å². The first-order chi connectivity index (χ1) is 17.0. The number of ether oxygens (including phenoxy) is 1. The first-order valence-electron chi connectivity index (χ1n) is 14.7. The molecule has 5 aliphatic carbocycles. The number of aliphatic hydroxyl groups excluding tert-OH is 1. The van der Waals surface area contributed by atoms with Gasteiger partial charge in [-0.05, 0) is 97.7 Å². The second-order valence-electron chi connectivity index (χ2n) is 15.6. The van der Waals surface area contributed by atoms with Crippen molar-refractivity contribution in [2.45, 2.75) is 125 Å². The van der Waals surface area contributed by atoms with Crippen molar-refractivity contribution in [3.05, 3.63) is 11.6 Å². The highest BCUT2D eigenvalue weighted by Crippen LogP contribution is 2.75. The van der Waals surface area contributed by atoms with Gasteiger partial charge in [-0.1, -0.05) is 53.2 Å². The fraction of sp³-hybridized carbons (Fsp3) is 0.875. The molecule has 0 spiro atoms. The van der Waals surface area contributed by atoms with Crippen molar-refractivity contribution in [2.75, 3.05) is 0 Å². The summed E-state index contributed by atoms with van der Waals surface area (Å²) < 4.78 is 5.92. The lowest BCUT2D eigenvalue weighted by atomic mass is 9.33. The molecule has 0 aliphatic heterocycles. The topological polar surface area (TPSA) is 83.8 Å². The molecule has 208 valence electrons. The van der Waals surface area contributed by atoms with Crippen LogP contribution in [0.2, 0.25) is 0 Å². The minimum absolute atomic E-state index is 0.00813. The summed E-state index contributed by atoms with van der Waals surface area (Å²) in [7, 11) is 0. The molecule has 4 saturated carbocycles. The van der Waals surface area contributed by atoms with Gasteiger partial charge in [-0.2, -0.15) is 0 Å². The van der Waals surface area contributed by atoms with Crippen molar-refractivity contribution in [1.82, 2.24) is 0 Å². The van der Waals surface area contributed by atoms with E-state index in [2.05, 4.69) is 47.6 Å². The third-order valence-electron chi connectivity index (χ3n) is 13.7. The Hall–Kier alpha value is -1.36. The van der Waals surface area contributed by atoms with E-state index in [1.807, 2.05) is 6.92 Å². The van der Waals surface area contributed by atoms with Crippen LogP contribution in [0.4, 0.5) is 0 Å². The highest BCUT2D eigenvalue weighted by molar-refractivity contribution is 5.75. The Morgan fingerprint density at radius 3 is 2.19 bits per heavy atom. The van der Waals surface area contributed by atoms with Gasteiger partial charge in [0.15, 0.2) is 0 Å². The van der Waals surface area contributed by atoms with E-state index in [-0.39, 0.29) is 51.2 Å². The van der Waals surface area contributed by atoms with Gasteiger partial charge in [-0.25, -0.2) is 0 Å². The molecule has 0 saturated heterocycles. The summed E-state index contributed by atoms with van der Waals surface area (Å²) in [6.45, 7) is 17.7. The molecule has 5 rings (SSSR count). The van der Waals surface area contributed by atoms with E-state index in [1.165, 1.54) is 12.5 Å². The number of aliphatic hydroxyl groups is 1. The number of allylic oxidation sites excluding steroid dienone is 2. The summed E-state index contributed by atoms with van der Waals surface area (Å²) >= 11 is 0. The van der Waals surface area contributed by atoms with Crippen LogP contribution in [-0.4, -0.2) is 34.4 Å². The lowest BCUT2D eigenvalue weighted by Gasteiger charge is -2.71. The Morgan fingerprint density at radius 1 is 0.892 bits per heavy atom. The van der Waals surface area contributed by atoms with Gasteiger partial charge in [-0.3, -0.25) is 9.59 Å². The number of aliphatic carboxylic acids is 1. The second-order valence-corrected chi connectivity index (χ2v) is 15.6. The number of carboxylic acid groups (broad SMARTS) is 1. The third-order valence-corrected chi connectivity index (χ3v) is 13.7.